The second-order valence-electron chi connectivity index (χ2n) is 6.49. The molecule has 0 unspecified atom stereocenters. The van der Waals surface area contributed by atoms with Gasteiger partial charge in [0.15, 0.2) is 5.16 Å². The van der Waals surface area contributed by atoms with Gasteiger partial charge in [-0.15, -0.1) is 10.2 Å². The number of imide groups is 1. The predicted octanol–water partition coefficient (Wildman–Crippen LogP) is 2.74. The minimum atomic E-state index is -0.418. The Kier molecular flexibility index (Phi) is 5.92. The van der Waals surface area contributed by atoms with Crippen molar-refractivity contribution in [3.05, 3.63) is 35.7 Å². The highest BCUT2D eigenvalue weighted by Gasteiger charge is 2.19. The summed E-state index contributed by atoms with van der Waals surface area (Å²) in [6, 6.07) is 7.78. The lowest BCUT2D eigenvalue weighted by Crippen LogP contribution is -2.44. The average molecular weight is 373 g/mol. The summed E-state index contributed by atoms with van der Waals surface area (Å²) in [5.41, 5.74) is 2.11. The van der Waals surface area contributed by atoms with Crippen LogP contribution >= 0.6 is 11.8 Å². The number of hydrogen-bond donors (Lipinski definition) is 2. The van der Waals surface area contributed by atoms with Crippen LogP contribution in [0.3, 0.4) is 0 Å². The number of nitrogens with zero attached hydrogens (tertiary/aromatic N) is 3. The van der Waals surface area contributed by atoms with Gasteiger partial charge in [-0.1, -0.05) is 42.3 Å². The molecule has 138 valence electrons. The van der Waals surface area contributed by atoms with Gasteiger partial charge in [0, 0.05) is 11.7 Å². The number of aryl methyl sites for hydroxylation is 2. The molecule has 1 heterocycles. The maximum atomic E-state index is 12.0. The lowest BCUT2D eigenvalue weighted by molar-refractivity contribution is -0.117. The molecule has 8 heteroatoms. The number of nitrogens with one attached hydrogen (secondary N) is 2. The molecule has 7 nitrogen and oxygen atoms in total. The molecule has 0 aliphatic heterocycles. The molecule has 3 amide bonds. The Bertz CT molecular complexity index is 781. The van der Waals surface area contributed by atoms with Crippen LogP contribution in [0.15, 0.2) is 29.4 Å². The fourth-order valence-corrected chi connectivity index (χ4v) is 3.81. The van der Waals surface area contributed by atoms with Crippen molar-refractivity contribution < 1.29 is 9.59 Å². The fraction of sp³-hybridized carbons (Fsp3) is 0.444. The molecule has 1 aromatic heterocycles. The SMILES string of the molecule is Cc1ccc(-n2c(C)nnc2SCC(=O)NC(=O)NC2CCCC2)cc1. The number of benzene rings is 1. The van der Waals surface area contributed by atoms with Gasteiger partial charge in [-0.2, -0.15) is 0 Å². The van der Waals surface area contributed by atoms with Crippen LogP contribution in [0.5, 0.6) is 0 Å². The van der Waals surface area contributed by atoms with Gasteiger partial charge >= 0.3 is 6.03 Å². The molecular weight excluding hydrogens is 350 g/mol. The molecule has 0 radical (unpaired) electrons. The first-order valence-corrected chi connectivity index (χ1v) is 9.73. The van der Waals surface area contributed by atoms with Crippen LogP contribution in [0.25, 0.3) is 5.69 Å². The summed E-state index contributed by atoms with van der Waals surface area (Å²) in [4.78, 5) is 23.9. The summed E-state index contributed by atoms with van der Waals surface area (Å²) < 4.78 is 1.90. The number of urea groups is 1. The van der Waals surface area contributed by atoms with Crippen molar-refractivity contribution in [2.75, 3.05) is 5.75 Å². The Morgan fingerprint density at radius 3 is 2.54 bits per heavy atom. The maximum absolute atomic E-state index is 12.0. The van der Waals surface area contributed by atoms with Crippen molar-refractivity contribution in [2.45, 2.75) is 50.7 Å². The first kappa shape index (κ1) is 18.4. The van der Waals surface area contributed by atoms with E-state index >= 15 is 0 Å². The zero-order valence-electron chi connectivity index (χ0n) is 15.0. The minimum absolute atomic E-state index is 0.0993. The lowest BCUT2D eigenvalue weighted by Gasteiger charge is -2.12. The number of amides is 3. The molecule has 1 aliphatic rings. The van der Waals surface area contributed by atoms with Crippen LogP contribution in [0.2, 0.25) is 0 Å². The van der Waals surface area contributed by atoms with Gasteiger partial charge in [0.1, 0.15) is 5.82 Å². The van der Waals surface area contributed by atoms with Gasteiger partial charge in [-0.05, 0) is 38.8 Å². The summed E-state index contributed by atoms with van der Waals surface area (Å²) in [7, 11) is 0. The summed E-state index contributed by atoms with van der Waals surface area (Å²) >= 11 is 1.26. The Balaban J connectivity index is 1.57. The average Bonchev–Trinajstić information content (AvgIpc) is 3.23. The fourth-order valence-electron chi connectivity index (χ4n) is 3.01. The molecule has 1 aromatic carbocycles. The normalized spacial score (nSPS) is 14.4. The molecule has 3 rings (SSSR count). The van der Waals surface area contributed by atoms with E-state index in [2.05, 4.69) is 20.8 Å². The van der Waals surface area contributed by atoms with Crippen LogP contribution in [-0.4, -0.2) is 38.5 Å². The molecule has 2 N–H and O–H groups in total. The van der Waals surface area contributed by atoms with Crippen LogP contribution < -0.4 is 10.6 Å². The second kappa shape index (κ2) is 8.35. The third-order valence-corrected chi connectivity index (χ3v) is 5.29. The van der Waals surface area contributed by atoms with E-state index in [9.17, 15) is 9.59 Å². The van der Waals surface area contributed by atoms with Crippen LogP contribution in [0.1, 0.15) is 37.1 Å². The zero-order chi connectivity index (χ0) is 18.5. The summed E-state index contributed by atoms with van der Waals surface area (Å²) in [5.74, 6) is 0.500. The van der Waals surface area contributed by atoms with Crippen molar-refractivity contribution >= 4 is 23.7 Å². The maximum Gasteiger partial charge on any atom is 0.321 e. The van der Waals surface area contributed by atoms with E-state index in [-0.39, 0.29) is 17.7 Å². The molecule has 2 aromatic rings. The number of carbonyl (C=O) groups excluding carboxylic acids is 2. The van der Waals surface area contributed by atoms with E-state index in [0.29, 0.717) is 5.16 Å². The highest BCUT2D eigenvalue weighted by molar-refractivity contribution is 7.99. The monoisotopic (exact) mass is 373 g/mol. The third-order valence-electron chi connectivity index (χ3n) is 4.36. The van der Waals surface area contributed by atoms with Crippen LogP contribution in [0, 0.1) is 13.8 Å². The van der Waals surface area contributed by atoms with Crippen LogP contribution in [-0.2, 0) is 4.79 Å². The number of thioether (sulfide) groups is 1. The largest absolute Gasteiger partial charge is 0.335 e. The Labute approximate surface area is 157 Å². The topological polar surface area (TPSA) is 88.9 Å². The molecule has 0 saturated heterocycles. The number of hydrogen-bond acceptors (Lipinski definition) is 5. The van der Waals surface area contributed by atoms with Crippen molar-refractivity contribution in [3.8, 4) is 5.69 Å². The predicted molar refractivity (Wildman–Crippen MR) is 100 cm³/mol. The number of rotatable bonds is 5. The molecule has 1 fully saturated rings. The van der Waals surface area contributed by atoms with Gasteiger partial charge in [-0.25, -0.2) is 4.79 Å². The smallest absolute Gasteiger partial charge is 0.321 e. The minimum Gasteiger partial charge on any atom is -0.335 e. The summed E-state index contributed by atoms with van der Waals surface area (Å²) in [5, 5.41) is 14.1. The zero-order valence-corrected chi connectivity index (χ0v) is 15.8. The van der Waals surface area contributed by atoms with Crippen LogP contribution in [0.4, 0.5) is 4.79 Å². The molecule has 1 saturated carbocycles. The quantitative estimate of drug-likeness (QED) is 0.787. The van der Waals surface area contributed by atoms with E-state index in [1.54, 1.807) is 0 Å². The summed E-state index contributed by atoms with van der Waals surface area (Å²) in [6.45, 7) is 3.89. The lowest BCUT2D eigenvalue weighted by atomic mass is 10.2. The number of aromatic nitrogens is 3. The summed E-state index contributed by atoms with van der Waals surface area (Å²) in [6.07, 6.45) is 4.22. The molecule has 0 bridgehead atoms. The second-order valence-corrected chi connectivity index (χ2v) is 7.43. The molecule has 1 aliphatic carbocycles. The van der Waals surface area contributed by atoms with E-state index in [1.165, 1.54) is 17.3 Å². The van der Waals surface area contributed by atoms with E-state index in [0.717, 1.165) is 37.2 Å². The van der Waals surface area contributed by atoms with E-state index in [1.807, 2.05) is 42.7 Å². The van der Waals surface area contributed by atoms with E-state index < -0.39 is 6.03 Å². The molecule has 0 spiro atoms. The van der Waals surface area contributed by atoms with Gasteiger partial charge in [0.05, 0.1) is 5.75 Å². The molecule has 26 heavy (non-hydrogen) atoms. The Hall–Kier alpha value is -2.35. The Morgan fingerprint density at radius 2 is 1.85 bits per heavy atom. The van der Waals surface area contributed by atoms with Crippen molar-refractivity contribution in [3.63, 3.8) is 0 Å². The first-order valence-electron chi connectivity index (χ1n) is 8.75. The van der Waals surface area contributed by atoms with Gasteiger partial charge in [0.2, 0.25) is 5.91 Å². The highest BCUT2D eigenvalue weighted by atomic mass is 32.2. The Morgan fingerprint density at radius 1 is 1.15 bits per heavy atom. The highest BCUT2D eigenvalue weighted by Crippen LogP contribution is 2.22. The molecular formula is C18H23N5O2S. The van der Waals surface area contributed by atoms with Gasteiger partial charge in [0.25, 0.3) is 0 Å². The van der Waals surface area contributed by atoms with Crippen molar-refractivity contribution in [2.24, 2.45) is 0 Å². The van der Waals surface area contributed by atoms with Gasteiger partial charge < -0.3 is 5.32 Å². The first-order chi connectivity index (χ1) is 12.5. The standard InChI is InChI=1S/C18H23N5O2S/c1-12-7-9-15(10-8-12)23-13(2)21-22-18(23)26-11-16(24)20-17(25)19-14-5-3-4-6-14/h7-10,14H,3-6,11H2,1-2H3,(H2,19,20,24,25). The number of carbonyl (C=O) groups is 2. The van der Waals surface area contributed by atoms with Crippen molar-refractivity contribution in [1.29, 1.82) is 0 Å². The van der Waals surface area contributed by atoms with Gasteiger partial charge in [-0.3, -0.25) is 14.7 Å². The van der Waals surface area contributed by atoms with Crippen molar-refractivity contribution in [1.82, 2.24) is 25.4 Å². The molecule has 0 atom stereocenters. The third kappa shape index (κ3) is 4.63. The van der Waals surface area contributed by atoms with E-state index in [4.69, 9.17) is 0 Å².